The summed E-state index contributed by atoms with van der Waals surface area (Å²) in [5.41, 5.74) is 1.04. The molecule has 148 valence electrons. The van der Waals surface area contributed by atoms with Gasteiger partial charge in [-0.05, 0) is 39.3 Å². The third-order valence-electron chi connectivity index (χ3n) is 5.87. The normalized spacial score (nSPS) is 20.9. The van der Waals surface area contributed by atoms with Crippen LogP contribution in [0.2, 0.25) is 0 Å². The zero-order valence-electron chi connectivity index (χ0n) is 16.8. The Kier molecular flexibility index (Phi) is 4.71. The summed E-state index contributed by atoms with van der Waals surface area (Å²) in [6, 6.07) is 11.7. The van der Waals surface area contributed by atoms with E-state index in [-0.39, 0.29) is 18.7 Å². The summed E-state index contributed by atoms with van der Waals surface area (Å²) in [6.45, 7) is 9.51. The first-order chi connectivity index (χ1) is 13.3. The van der Waals surface area contributed by atoms with Crippen molar-refractivity contribution in [3.05, 3.63) is 48.2 Å². The van der Waals surface area contributed by atoms with Crippen molar-refractivity contribution < 1.29 is 18.8 Å². The van der Waals surface area contributed by atoms with E-state index in [2.05, 4.69) is 5.10 Å². The van der Waals surface area contributed by atoms with E-state index < -0.39 is 18.3 Å². The fourth-order valence-electron chi connectivity index (χ4n) is 3.35. The lowest BCUT2D eigenvalue weighted by Gasteiger charge is -2.39. The summed E-state index contributed by atoms with van der Waals surface area (Å²) in [6.07, 6.45) is 1.45. The number of ether oxygens (including phenoxy) is 1. The number of carbonyl (C=O) groups excluding carboxylic acids is 1. The average Bonchev–Trinajstić information content (AvgIpc) is 3.15. The van der Waals surface area contributed by atoms with Gasteiger partial charge in [0.1, 0.15) is 6.61 Å². The summed E-state index contributed by atoms with van der Waals surface area (Å²) in [5, 5.41) is 4.44. The molecule has 2 aliphatic heterocycles. The van der Waals surface area contributed by atoms with Crippen LogP contribution in [-0.2, 0) is 20.7 Å². The van der Waals surface area contributed by atoms with Gasteiger partial charge in [-0.15, -0.1) is 0 Å². The number of hydrogen-bond acceptors (Lipinski definition) is 5. The second kappa shape index (κ2) is 6.94. The number of amides is 1. The van der Waals surface area contributed by atoms with Crippen LogP contribution in [0.1, 0.15) is 39.3 Å². The standard InChI is InChI=1S/C20H26BN3O4/c1-19(2)20(3,4)28-21(27-19)17-10-11-22-24(17)16-12-23(13-16)18(25)26-14-15-8-6-5-7-9-15/h5-11,16H,12-14H2,1-4H3. The van der Waals surface area contributed by atoms with E-state index in [4.69, 9.17) is 14.0 Å². The molecule has 1 amide bonds. The first-order valence-electron chi connectivity index (χ1n) is 9.61. The molecular formula is C20H26BN3O4. The fourth-order valence-corrected chi connectivity index (χ4v) is 3.35. The molecule has 0 N–H and O–H groups in total. The minimum absolute atomic E-state index is 0.0910. The van der Waals surface area contributed by atoms with Gasteiger partial charge in [0.2, 0.25) is 0 Å². The third-order valence-corrected chi connectivity index (χ3v) is 5.87. The molecule has 2 fully saturated rings. The molecule has 8 heteroatoms. The van der Waals surface area contributed by atoms with E-state index in [1.807, 2.05) is 68.8 Å². The Labute approximate surface area is 165 Å². The molecule has 0 aliphatic carbocycles. The van der Waals surface area contributed by atoms with Crippen molar-refractivity contribution in [3.8, 4) is 0 Å². The fraction of sp³-hybridized carbons (Fsp3) is 0.500. The van der Waals surface area contributed by atoms with Crippen molar-refractivity contribution in [1.82, 2.24) is 14.7 Å². The van der Waals surface area contributed by atoms with E-state index in [9.17, 15) is 4.79 Å². The predicted molar refractivity (Wildman–Crippen MR) is 105 cm³/mol. The van der Waals surface area contributed by atoms with Crippen molar-refractivity contribution in [2.75, 3.05) is 13.1 Å². The van der Waals surface area contributed by atoms with Crippen LogP contribution in [0.25, 0.3) is 0 Å². The first kappa shape index (κ1) is 19.0. The monoisotopic (exact) mass is 383 g/mol. The number of benzene rings is 1. The minimum Gasteiger partial charge on any atom is -0.445 e. The van der Waals surface area contributed by atoms with E-state index in [1.165, 1.54) is 0 Å². The van der Waals surface area contributed by atoms with E-state index >= 15 is 0 Å². The summed E-state index contributed by atoms with van der Waals surface area (Å²) < 4.78 is 19.6. The lowest BCUT2D eigenvalue weighted by Crippen LogP contribution is -2.54. The zero-order valence-corrected chi connectivity index (χ0v) is 16.8. The summed E-state index contributed by atoms with van der Waals surface area (Å²) in [4.78, 5) is 13.9. The van der Waals surface area contributed by atoms with Gasteiger partial charge in [0.15, 0.2) is 0 Å². The highest BCUT2D eigenvalue weighted by molar-refractivity contribution is 6.61. The minimum atomic E-state index is -0.466. The smallest absolute Gasteiger partial charge is 0.445 e. The molecule has 7 nitrogen and oxygen atoms in total. The Balaban J connectivity index is 1.35. The largest absolute Gasteiger partial charge is 0.514 e. The molecule has 0 saturated carbocycles. The van der Waals surface area contributed by atoms with Crippen LogP contribution in [0.4, 0.5) is 4.79 Å². The van der Waals surface area contributed by atoms with Crippen LogP contribution in [0.3, 0.4) is 0 Å². The molecule has 0 radical (unpaired) electrons. The van der Waals surface area contributed by atoms with Crippen LogP contribution < -0.4 is 5.59 Å². The highest BCUT2D eigenvalue weighted by Gasteiger charge is 2.53. The van der Waals surface area contributed by atoms with E-state index in [1.54, 1.807) is 11.1 Å². The first-order valence-corrected chi connectivity index (χ1v) is 9.61. The van der Waals surface area contributed by atoms with Crippen LogP contribution in [-0.4, -0.2) is 52.2 Å². The van der Waals surface area contributed by atoms with Crippen LogP contribution in [0.15, 0.2) is 42.6 Å². The SMILES string of the molecule is CC1(C)OB(c2ccnn2C2CN(C(=O)OCc3ccccc3)C2)OC1(C)C. The Morgan fingerprint density at radius 2 is 1.79 bits per heavy atom. The number of hydrogen-bond donors (Lipinski definition) is 0. The van der Waals surface area contributed by atoms with Gasteiger partial charge in [0.25, 0.3) is 0 Å². The quantitative estimate of drug-likeness (QED) is 0.759. The topological polar surface area (TPSA) is 65.8 Å². The highest BCUT2D eigenvalue weighted by Crippen LogP contribution is 2.36. The van der Waals surface area contributed by atoms with Gasteiger partial charge in [-0.25, -0.2) is 4.79 Å². The van der Waals surface area contributed by atoms with E-state index in [0.29, 0.717) is 13.1 Å². The van der Waals surface area contributed by atoms with Crippen molar-refractivity contribution in [2.24, 2.45) is 0 Å². The molecule has 0 unspecified atom stereocenters. The van der Waals surface area contributed by atoms with Gasteiger partial charge >= 0.3 is 13.2 Å². The molecule has 4 rings (SSSR count). The maximum absolute atomic E-state index is 12.2. The molecule has 0 atom stereocenters. The number of likely N-dealkylation sites (tertiary alicyclic amines) is 1. The average molecular weight is 383 g/mol. The highest BCUT2D eigenvalue weighted by atomic mass is 16.7. The molecule has 2 aliphatic rings. The van der Waals surface area contributed by atoms with Gasteiger partial charge in [0.05, 0.1) is 22.8 Å². The van der Waals surface area contributed by atoms with Gasteiger partial charge in [0, 0.05) is 19.3 Å². The molecule has 1 aromatic heterocycles. The Morgan fingerprint density at radius 3 is 2.43 bits per heavy atom. The van der Waals surface area contributed by atoms with Crippen molar-refractivity contribution in [1.29, 1.82) is 0 Å². The van der Waals surface area contributed by atoms with Crippen LogP contribution >= 0.6 is 0 Å². The Bertz CT molecular complexity index is 830. The second-order valence-corrected chi connectivity index (χ2v) is 8.39. The maximum Gasteiger partial charge on any atom is 0.514 e. The maximum atomic E-state index is 12.2. The van der Waals surface area contributed by atoms with E-state index in [0.717, 1.165) is 11.2 Å². The van der Waals surface area contributed by atoms with Gasteiger partial charge in [-0.1, -0.05) is 30.3 Å². The lowest BCUT2D eigenvalue weighted by molar-refractivity contribution is 0.00578. The van der Waals surface area contributed by atoms with Crippen LogP contribution in [0, 0.1) is 0 Å². The number of rotatable bonds is 4. The Hall–Kier alpha value is -2.32. The lowest BCUT2D eigenvalue weighted by atomic mass is 9.84. The summed E-state index contributed by atoms with van der Waals surface area (Å²) in [5.74, 6) is 0. The van der Waals surface area contributed by atoms with Crippen LogP contribution in [0.5, 0.6) is 0 Å². The van der Waals surface area contributed by atoms with Crippen molar-refractivity contribution in [3.63, 3.8) is 0 Å². The molecular weight excluding hydrogens is 357 g/mol. The second-order valence-electron chi connectivity index (χ2n) is 8.39. The molecule has 3 heterocycles. The van der Waals surface area contributed by atoms with Crippen molar-refractivity contribution in [2.45, 2.75) is 51.5 Å². The number of aromatic nitrogens is 2. The zero-order chi connectivity index (χ0) is 19.9. The predicted octanol–water partition coefficient (Wildman–Crippen LogP) is 2.38. The number of nitrogens with zero attached hydrogens (tertiary/aromatic N) is 3. The van der Waals surface area contributed by atoms with Gasteiger partial charge in [-0.2, -0.15) is 5.10 Å². The van der Waals surface area contributed by atoms with Crippen molar-refractivity contribution >= 4 is 18.8 Å². The molecule has 2 saturated heterocycles. The molecule has 1 aromatic carbocycles. The summed E-state index contributed by atoms with van der Waals surface area (Å²) in [7, 11) is -0.466. The molecule has 28 heavy (non-hydrogen) atoms. The number of carbonyl (C=O) groups is 1. The van der Waals surface area contributed by atoms with Gasteiger partial charge in [-0.3, -0.25) is 4.68 Å². The molecule has 0 spiro atoms. The molecule has 0 bridgehead atoms. The van der Waals surface area contributed by atoms with Gasteiger partial charge < -0.3 is 18.9 Å². The molecule has 2 aromatic rings. The summed E-state index contributed by atoms with van der Waals surface area (Å²) >= 11 is 0. The Morgan fingerprint density at radius 1 is 1.14 bits per heavy atom. The third kappa shape index (κ3) is 3.42.